The lowest BCUT2D eigenvalue weighted by molar-refractivity contribution is -0.137. The molecule has 1 heterocycles. The summed E-state index contributed by atoms with van der Waals surface area (Å²) in [6.07, 6.45) is 1.66. The van der Waals surface area contributed by atoms with Gasteiger partial charge in [0.05, 0.1) is 6.10 Å². The lowest BCUT2D eigenvalue weighted by Crippen LogP contribution is -2.43. The second kappa shape index (κ2) is 7.20. The van der Waals surface area contributed by atoms with Gasteiger partial charge >= 0.3 is 12.0 Å². The van der Waals surface area contributed by atoms with Crippen LogP contribution < -0.4 is 10.6 Å². The summed E-state index contributed by atoms with van der Waals surface area (Å²) in [5.74, 6) is -0.480. The first-order chi connectivity index (χ1) is 8.49. The van der Waals surface area contributed by atoms with Crippen LogP contribution in [0.5, 0.6) is 0 Å². The first-order valence-corrected chi connectivity index (χ1v) is 6.36. The van der Waals surface area contributed by atoms with Crippen LogP contribution in [0.15, 0.2) is 0 Å². The van der Waals surface area contributed by atoms with Gasteiger partial charge in [-0.1, -0.05) is 0 Å². The van der Waals surface area contributed by atoms with Crippen LogP contribution in [-0.2, 0) is 9.53 Å². The Hall–Kier alpha value is -1.30. The van der Waals surface area contributed by atoms with Gasteiger partial charge in [-0.3, -0.25) is 4.79 Å². The standard InChI is InChI=1S/C12H22N2O4/c1-8(3-4-11(15)16)14-12(17)13-7-10-5-6-18-9(10)2/h8-10H,3-7H2,1-2H3,(H,15,16)(H2,13,14,17). The molecular formula is C12H22N2O4. The zero-order valence-corrected chi connectivity index (χ0v) is 10.9. The number of ether oxygens (including phenoxy) is 1. The summed E-state index contributed by atoms with van der Waals surface area (Å²) in [6.45, 7) is 5.15. The van der Waals surface area contributed by atoms with Gasteiger partial charge in [0.15, 0.2) is 0 Å². The molecule has 0 aromatic carbocycles. The summed E-state index contributed by atoms with van der Waals surface area (Å²) < 4.78 is 5.41. The topological polar surface area (TPSA) is 87.7 Å². The van der Waals surface area contributed by atoms with Gasteiger partial charge in [0.2, 0.25) is 0 Å². The number of amides is 2. The van der Waals surface area contributed by atoms with Crippen molar-refractivity contribution in [3.05, 3.63) is 0 Å². The molecular weight excluding hydrogens is 236 g/mol. The summed E-state index contributed by atoms with van der Waals surface area (Å²) in [5, 5.41) is 14.0. The molecule has 6 heteroatoms. The highest BCUT2D eigenvalue weighted by molar-refractivity contribution is 5.74. The van der Waals surface area contributed by atoms with Crippen molar-refractivity contribution in [3.63, 3.8) is 0 Å². The van der Waals surface area contributed by atoms with Gasteiger partial charge < -0.3 is 20.5 Å². The van der Waals surface area contributed by atoms with Crippen LogP contribution >= 0.6 is 0 Å². The van der Waals surface area contributed by atoms with E-state index < -0.39 is 5.97 Å². The Morgan fingerprint density at radius 2 is 2.22 bits per heavy atom. The van der Waals surface area contributed by atoms with E-state index in [4.69, 9.17) is 9.84 Å². The quantitative estimate of drug-likeness (QED) is 0.662. The average Bonchev–Trinajstić information content (AvgIpc) is 2.69. The molecule has 1 aliphatic rings. The first kappa shape index (κ1) is 14.8. The molecule has 1 fully saturated rings. The normalized spacial score (nSPS) is 24.6. The summed E-state index contributed by atoms with van der Waals surface area (Å²) in [4.78, 5) is 21.9. The molecule has 0 bridgehead atoms. The number of urea groups is 1. The number of nitrogens with one attached hydrogen (secondary N) is 2. The summed E-state index contributed by atoms with van der Waals surface area (Å²) >= 11 is 0. The van der Waals surface area contributed by atoms with E-state index in [2.05, 4.69) is 10.6 Å². The fourth-order valence-electron chi connectivity index (χ4n) is 1.95. The Morgan fingerprint density at radius 3 is 2.78 bits per heavy atom. The molecule has 0 aromatic heterocycles. The van der Waals surface area contributed by atoms with E-state index in [-0.39, 0.29) is 24.6 Å². The Labute approximate surface area is 107 Å². The van der Waals surface area contributed by atoms with Crippen LogP contribution in [0, 0.1) is 5.92 Å². The van der Waals surface area contributed by atoms with Gasteiger partial charge in [0.1, 0.15) is 0 Å². The highest BCUT2D eigenvalue weighted by Gasteiger charge is 2.24. The Morgan fingerprint density at radius 1 is 1.50 bits per heavy atom. The van der Waals surface area contributed by atoms with Gasteiger partial charge in [-0.2, -0.15) is 0 Å². The number of hydrogen-bond donors (Lipinski definition) is 3. The molecule has 6 nitrogen and oxygen atoms in total. The number of carbonyl (C=O) groups excluding carboxylic acids is 1. The zero-order chi connectivity index (χ0) is 13.5. The number of hydrogen-bond acceptors (Lipinski definition) is 3. The minimum Gasteiger partial charge on any atom is -0.481 e. The van der Waals surface area contributed by atoms with Gasteiger partial charge in [-0.05, 0) is 26.7 Å². The van der Waals surface area contributed by atoms with Crippen LogP contribution in [0.3, 0.4) is 0 Å². The van der Waals surface area contributed by atoms with Crippen molar-refractivity contribution in [2.75, 3.05) is 13.2 Å². The molecule has 0 radical (unpaired) electrons. The molecule has 0 aliphatic carbocycles. The fourth-order valence-corrected chi connectivity index (χ4v) is 1.95. The zero-order valence-electron chi connectivity index (χ0n) is 10.9. The number of rotatable bonds is 6. The number of carboxylic acid groups (broad SMARTS) is 1. The number of carbonyl (C=O) groups is 2. The number of aliphatic carboxylic acids is 1. The van der Waals surface area contributed by atoms with E-state index in [0.29, 0.717) is 18.9 Å². The molecule has 18 heavy (non-hydrogen) atoms. The van der Waals surface area contributed by atoms with Gasteiger partial charge in [0.25, 0.3) is 0 Å². The summed E-state index contributed by atoms with van der Waals surface area (Å²) in [6, 6.07) is -0.384. The Balaban J connectivity index is 2.14. The minimum absolute atomic E-state index is 0.0644. The predicted octanol–water partition coefficient (Wildman–Crippen LogP) is 0.964. The van der Waals surface area contributed by atoms with Gasteiger partial charge in [-0.25, -0.2) is 4.79 Å². The van der Waals surface area contributed by atoms with E-state index in [9.17, 15) is 9.59 Å². The average molecular weight is 258 g/mol. The second-order valence-corrected chi connectivity index (χ2v) is 4.81. The van der Waals surface area contributed by atoms with Crippen molar-refractivity contribution in [2.45, 2.75) is 45.3 Å². The third kappa shape index (κ3) is 5.35. The maximum absolute atomic E-state index is 11.6. The highest BCUT2D eigenvalue weighted by Crippen LogP contribution is 2.19. The molecule has 3 atom stereocenters. The largest absolute Gasteiger partial charge is 0.481 e. The molecule has 3 N–H and O–H groups in total. The molecule has 3 unspecified atom stereocenters. The van der Waals surface area contributed by atoms with E-state index >= 15 is 0 Å². The minimum atomic E-state index is -0.846. The molecule has 1 rings (SSSR count). The predicted molar refractivity (Wildman–Crippen MR) is 66.4 cm³/mol. The van der Waals surface area contributed by atoms with Crippen LogP contribution in [-0.4, -0.2) is 42.4 Å². The van der Waals surface area contributed by atoms with Crippen molar-refractivity contribution in [2.24, 2.45) is 5.92 Å². The molecule has 1 aliphatic heterocycles. The lowest BCUT2D eigenvalue weighted by Gasteiger charge is -2.17. The monoisotopic (exact) mass is 258 g/mol. The Bertz CT molecular complexity index is 296. The van der Waals surface area contributed by atoms with E-state index in [1.165, 1.54) is 0 Å². The molecule has 104 valence electrons. The van der Waals surface area contributed by atoms with Crippen molar-refractivity contribution in [3.8, 4) is 0 Å². The van der Waals surface area contributed by atoms with E-state index in [0.717, 1.165) is 13.0 Å². The third-order valence-corrected chi connectivity index (χ3v) is 3.23. The van der Waals surface area contributed by atoms with E-state index in [1.54, 1.807) is 6.92 Å². The maximum Gasteiger partial charge on any atom is 0.315 e. The smallest absolute Gasteiger partial charge is 0.315 e. The van der Waals surface area contributed by atoms with Crippen LogP contribution in [0.2, 0.25) is 0 Å². The van der Waals surface area contributed by atoms with Crippen LogP contribution in [0.4, 0.5) is 4.79 Å². The lowest BCUT2D eigenvalue weighted by atomic mass is 10.0. The van der Waals surface area contributed by atoms with E-state index in [1.807, 2.05) is 6.92 Å². The fraction of sp³-hybridized carbons (Fsp3) is 0.833. The summed E-state index contributed by atoms with van der Waals surface area (Å²) in [5.41, 5.74) is 0. The molecule has 1 saturated heterocycles. The van der Waals surface area contributed by atoms with Crippen LogP contribution in [0.25, 0.3) is 0 Å². The van der Waals surface area contributed by atoms with Crippen molar-refractivity contribution >= 4 is 12.0 Å². The molecule has 0 aromatic rings. The number of carboxylic acids is 1. The highest BCUT2D eigenvalue weighted by atomic mass is 16.5. The SMILES string of the molecule is CC(CCC(=O)O)NC(=O)NCC1CCOC1C. The first-order valence-electron chi connectivity index (χ1n) is 6.36. The van der Waals surface area contributed by atoms with Crippen molar-refractivity contribution in [1.82, 2.24) is 10.6 Å². The van der Waals surface area contributed by atoms with Crippen molar-refractivity contribution < 1.29 is 19.4 Å². The third-order valence-electron chi connectivity index (χ3n) is 3.23. The maximum atomic E-state index is 11.6. The van der Waals surface area contributed by atoms with Gasteiger partial charge in [0, 0.05) is 31.5 Å². The van der Waals surface area contributed by atoms with Gasteiger partial charge in [-0.15, -0.1) is 0 Å². The van der Waals surface area contributed by atoms with Crippen molar-refractivity contribution in [1.29, 1.82) is 0 Å². The molecule has 0 saturated carbocycles. The summed E-state index contributed by atoms with van der Waals surface area (Å²) in [7, 11) is 0. The Kier molecular flexibility index (Phi) is 5.91. The van der Waals surface area contributed by atoms with Crippen LogP contribution in [0.1, 0.15) is 33.1 Å². The molecule has 0 spiro atoms. The second-order valence-electron chi connectivity index (χ2n) is 4.81. The molecule has 2 amide bonds.